The van der Waals surface area contributed by atoms with Gasteiger partial charge in [-0.2, -0.15) is 4.98 Å². The molecule has 0 fully saturated rings. The van der Waals surface area contributed by atoms with E-state index < -0.39 is 0 Å². The minimum atomic E-state index is 0.329. The summed E-state index contributed by atoms with van der Waals surface area (Å²) in [7, 11) is 1.65. The first kappa shape index (κ1) is 11.3. The second kappa shape index (κ2) is 5.27. The van der Waals surface area contributed by atoms with Crippen LogP contribution in [0.3, 0.4) is 0 Å². The van der Waals surface area contributed by atoms with Gasteiger partial charge in [0.25, 0.3) is 0 Å². The highest BCUT2D eigenvalue weighted by Crippen LogP contribution is 2.20. The van der Waals surface area contributed by atoms with Crippen LogP contribution in [-0.2, 0) is 11.3 Å². The van der Waals surface area contributed by atoms with E-state index in [1.807, 2.05) is 24.3 Å². The minimum Gasteiger partial charge on any atom is -0.437 e. The van der Waals surface area contributed by atoms with Crippen LogP contribution in [0.4, 0.5) is 5.82 Å². The first-order chi connectivity index (χ1) is 8.28. The van der Waals surface area contributed by atoms with Crippen molar-refractivity contribution in [3.63, 3.8) is 0 Å². The lowest BCUT2D eigenvalue weighted by Crippen LogP contribution is -1.95. The number of nitrogens with two attached hydrogens (primary N) is 1. The molecule has 17 heavy (non-hydrogen) atoms. The summed E-state index contributed by atoms with van der Waals surface area (Å²) in [5.41, 5.74) is 6.55. The van der Waals surface area contributed by atoms with Gasteiger partial charge in [0.1, 0.15) is 11.6 Å². The predicted molar refractivity (Wildman–Crippen MR) is 63.7 cm³/mol. The van der Waals surface area contributed by atoms with Gasteiger partial charge in [-0.3, -0.25) is 4.98 Å². The van der Waals surface area contributed by atoms with Crippen molar-refractivity contribution in [2.75, 3.05) is 12.8 Å². The van der Waals surface area contributed by atoms with Gasteiger partial charge in [0.2, 0.25) is 5.88 Å². The third-order valence-corrected chi connectivity index (χ3v) is 2.06. The molecule has 1 aromatic heterocycles. The number of nitrogens with zero attached hydrogens (tertiary/aromatic N) is 2. The van der Waals surface area contributed by atoms with Crippen molar-refractivity contribution in [1.82, 2.24) is 9.97 Å². The minimum absolute atomic E-state index is 0.329. The number of nitrogen functional groups attached to an aromatic ring is 1. The van der Waals surface area contributed by atoms with E-state index in [4.69, 9.17) is 15.2 Å². The van der Waals surface area contributed by atoms with Crippen LogP contribution in [-0.4, -0.2) is 17.1 Å². The summed E-state index contributed by atoms with van der Waals surface area (Å²) in [6, 6.07) is 7.57. The Labute approximate surface area is 99.2 Å². The number of benzene rings is 1. The second-order valence-corrected chi connectivity index (χ2v) is 3.46. The zero-order valence-corrected chi connectivity index (χ0v) is 9.46. The van der Waals surface area contributed by atoms with Crippen LogP contribution in [0.25, 0.3) is 0 Å². The Hall–Kier alpha value is -2.14. The van der Waals surface area contributed by atoms with E-state index >= 15 is 0 Å². The van der Waals surface area contributed by atoms with E-state index in [9.17, 15) is 0 Å². The molecule has 0 radical (unpaired) electrons. The van der Waals surface area contributed by atoms with Crippen molar-refractivity contribution in [2.45, 2.75) is 6.61 Å². The normalized spacial score (nSPS) is 10.2. The van der Waals surface area contributed by atoms with Crippen molar-refractivity contribution in [3.05, 3.63) is 42.2 Å². The van der Waals surface area contributed by atoms with Crippen molar-refractivity contribution in [3.8, 4) is 11.6 Å². The maximum absolute atomic E-state index is 5.54. The molecule has 0 aliphatic carbocycles. The quantitative estimate of drug-likeness (QED) is 0.871. The summed E-state index contributed by atoms with van der Waals surface area (Å²) in [6.07, 6.45) is 2.98. The smallest absolute Gasteiger partial charge is 0.239 e. The molecule has 0 bridgehead atoms. The molecule has 0 unspecified atom stereocenters. The van der Waals surface area contributed by atoms with Crippen LogP contribution in [0, 0.1) is 0 Å². The Bertz CT molecular complexity index is 503. The predicted octanol–water partition coefficient (Wildman–Crippen LogP) is 2.00. The molecule has 88 valence electrons. The Kier molecular flexibility index (Phi) is 3.52. The largest absolute Gasteiger partial charge is 0.437 e. The molecule has 0 saturated heterocycles. The fraction of sp³-hybridized carbons (Fsp3) is 0.167. The Balaban J connectivity index is 2.15. The molecular formula is C12H13N3O2. The van der Waals surface area contributed by atoms with Crippen LogP contribution in [0.15, 0.2) is 36.7 Å². The van der Waals surface area contributed by atoms with Gasteiger partial charge in [-0.25, -0.2) is 0 Å². The highest BCUT2D eigenvalue weighted by Gasteiger charge is 2.01. The fourth-order valence-corrected chi connectivity index (χ4v) is 1.40. The van der Waals surface area contributed by atoms with Gasteiger partial charge in [0.05, 0.1) is 19.0 Å². The fourth-order valence-electron chi connectivity index (χ4n) is 1.40. The number of rotatable bonds is 4. The van der Waals surface area contributed by atoms with E-state index in [1.165, 1.54) is 12.4 Å². The Morgan fingerprint density at radius 3 is 2.94 bits per heavy atom. The summed E-state index contributed by atoms with van der Waals surface area (Å²) < 4.78 is 10.6. The van der Waals surface area contributed by atoms with Crippen molar-refractivity contribution in [2.24, 2.45) is 0 Å². The van der Waals surface area contributed by atoms with Gasteiger partial charge in [-0.1, -0.05) is 12.1 Å². The van der Waals surface area contributed by atoms with Gasteiger partial charge >= 0.3 is 0 Å². The molecule has 0 saturated carbocycles. The van der Waals surface area contributed by atoms with E-state index in [1.54, 1.807) is 7.11 Å². The molecule has 5 heteroatoms. The molecule has 2 aromatic rings. The van der Waals surface area contributed by atoms with E-state index in [0.717, 1.165) is 5.56 Å². The summed E-state index contributed by atoms with van der Waals surface area (Å²) in [6.45, 7) is 0.541. The van der Waals surface area contributed by atoms with Crippen LogP contribution >= 0.6 is 0 Å². The first-order valence-electron chi connectivity index (χ1n) is 5.11. The van der Waals surface area contributed by atoms with Crippen LogP contribution in [0.2, 0.25) is 0 Å². The van der Waals surface area contributed by atoms with Crippen LogP contribution in [0.5, 0.6) is 11.6 Å². The van der Waals surface area contributed by atoms with Gasteiger partial charge < -0.3 is 15.2 Å². The standard InChI is InChI=1S/C12H13N3O2/c1-16-8-9-3-2-4-10(5-9)17-12-7-14-6-11(13)15-12/h2-7H,8H2,1H3,(H2,13,15). The molecule has 1 aromatic carbocycles. The third kappa shape index (κ3) is 3.15. The summed E-state index contributed by atoms with van der Waals surface area (Å²) in [4.78, 5) is 7.91. The average Bonchev–Trinajstić information content (AvgIpc) is 2.30. The Morgan fingerprint density at radius 2 is 2.18 bits per heavy atom. The number of methoxy groups -OCH3 is 1. The zero-order valence-electron chi connectivity index (χ0n) is 9.46. The number of aromatic nitrogens is 2. The number of hydrogen-bond acceptors (Lipinski definition) is 5. The van der Waals surface area contributed by atoms with Crippen LogP contribution < -0.4 is 10.5 Å². The lowest BCUT2D eigenvalue weighted by molar-refractivity contribution is 0.184. The second-order valence-electron chi connectivity index (χ2n) is 3.46. The average molecular weight is 231 g/mol. The van der Waals surface area contributed by atoms with Crippen LogP contribution in [0.1, 0.15) is 5.56 Å². The first-order valence-corrected chi connectivity index (χ1v) is 5.11. The van der Waals surface area contributed by atoms with Gasteiger partial charge in [-0.05, 0) is 17.7 Å². The molecule has 0 spiro atoms. The van der Waals surface area contributed by atoms with E-state index in [2.05, 4.69) is 9.97 Å². The van der Waals surface area contributed by atoms with Crippen molar-refractivity contribution >= 4 is 5.82 Å². The molecule has 0 aliphatic rings. The highest BCUT2D eigenvalue weighted by molar-refractivity contribution is 5.33. The maximum atomic E-state index is 5.54. The highest BCUT2D eigenvalue weighted by atomic mass is 16.5. The number of ether oxygens (including phenoxy) is 2. The summed E-state index contributed by atoms with van der Waals surface area (Å²) in [5, 5.41) is 0. The monoisotopic (exact) mass is 231 g/mol. The molecule has 0 aliphatic heterocycles. The lowest BCUT2D eigenvalue weighted by Gasteiger charge is -2.06. The Morgan fingerprint density at radius 1 is 1.29 bits per heavy atom. The molecule has 1 heterocycles. The third-order valence-electron chi connectivity index (χ3n) is 2.06. The molecule has 2 N–H and O–H groups in total. The topological polar surface area (TPSA) is 70.3 Å². The number of anilines is 1. The zero-order chi connectivity index (χ0) is 12.1. The van der Waals surface area contributed by atoms with Gasteiger partial charge in [0, 0.05) is 7.11 Å². The molecule has 0 amide bonds. The van der Waals surface area contributed by atoms with E-state index in [-0.39, 0.29) is 0 Å². The SMILES string of the molecule is COCc1cccc(Oc2cncc(N)n2)c1. The molecule has 2 rings (SSSR count). The maximum Gasteiger partial charge on any atom is 0.239 e. The molecular weight excluding hydrogens is 218 g/mol. The van der Waals surface area contributed by atoms with E-state index in [0.29, 0.717) is 24.1 Å². The summed E-state index contributed by atoms with van der Waals surface area (Å²) in [5.74, 6) is 1.38. The lowest BCUT2D eigenvalue weighted by atomic mass is 10.2. The number of hydrogen-bond donors (Lipinski definition) is 1. The van der Waals surface area contributed by atoms with Crippen molar-refractivity contribution < 1.29 is 9.47 Å². The summed E-state index contributed by atoms with van der Waals surface area (Å²) >= 11 is 0. The van der Waals surface area contributed by atoms with Gasteiger partial charge in [-0.15, -0.1) is 0 Å². The molecule has 5 nitrogen and oxygen atoms in total. The van der Waals surface area contributed by atoms with Gasteiger partial charge in [0.15, 0.2) is 0 Å². The molecule has 0 atom stereocenters. The van der Waals surface area contributed by atoms with Crippen molar-refractivity contribution in [1.29, 1.82) is 0 Å².